The predicted molar refractivity (Wildman–Crippen MR) is 28.9 cm³/mol. The van der Waals surface area contributed by atoms with Crippen LogP contribution in [0, 0.1) is 0 Å². The Kier molecular flexibility index (Phi) is 9.31. The van der Waals surface area contributed by atoms with E-state index >= 15 is 0 Å². The number of hydrogen-bond acceptors (Lipinski definition) is 3. The molecule has 5 heteroatoms. The summed E-state index contributed by atoms with van der Waals surface area (Å²) in [6, 6.07) is 0. The molecule has 44 valence electrons. The standard InChI is InChI=1S/C2H6O3P.ClH/c1-4-6(3)5-2;/h1-2H3;1H/q+1;. The SMILES string of the molecule is CO[P+](=O)OC.Cl. The Hall–Kier alpha value is 0.310. The van der Waals surface area contributed by atoms with E-state index in [0.717, 1.165) is 0 Å². The molecule has 0 saturated carbocycles. The van der Waals surface area contributed by atoms with Gasteiger partial charge in [-0.05, 0) is 0 Å². The maximum absolute atomic E-state index is 9.88. The van der Waals surface area contributed by atoms with E-state index in [-0.39, 0.29) is 12.4 Å². The highest BCUT2D eigenvalue weighted by Gasteiger charge is 2.10. The Bertz CT molecular complexity index is 50.9. The van der Waals surface area contributed by atoms with Gasteiger partial charge in [-0.3, -0.25) is 0 Å². The summed E-state index contributed by atoms with van der Waals surface area (Å²) in [5.41, 5.74) is 0. The summed E-state index contributed by atoms with van der Waals surface area (Å²) in [4.78, 5) is 0. The van der Waals surface area contributed by atoms with Crippen LogP contribution in [0.3, 0.4) is 0 Å². The molecule has 0 spiro atoms. The van der Waals surface area contributed by atoms with E-state index in [1.165, 1.54) is 14.2 Å². The van der Waals surface area contributed by atoms with E-state index in [4.69, 9.17) is 0 Å². The van der Waals surface area contributed by atoms with Gasteiger partial charge in [-0.25, -0.2) is 0 Å². The van der Waals surface area contributed by atoms with Crippen LogP contribution in [0.2, 0.25) is 0 Å². The molecule has 0 aliphatic heterocycles. The summed E-state index contributed by atoms with van der Waals surface area (Å²) < 4.78 is 18.3. The van der Waals surface area contributed by atoms with Crippen LogP contribution in [-0.2, 0) is 13.6 Å². The molecule has 7 heavy (non-hydrogen) atoms. The van der Waals surface area contributed by atoms with Gasteiger partial charge in [0.1, 0.15) is 0 Å². The zero-order valence-electron chi connectivity index (χ0n) is 4.08. The minimum Gasteiger partial charge on any atom is -0.147 e. The quantitative estimate of drug-likeness (QED) is 0.551. The Morgan fingerprint density at radius 3 is 1.57 bits per heavy atom. The van der Waals surface area contributed by atoms with E-state index < -0.39 is 8.25 Å². The zero-order chi connectivity index (χ0) is 4.99. The molecule has 0 aromatic rings. The van der Waals surface area contributed by atoms with Crippen LogP contribution in [0.5, 0.6) is 0 Å². The molecule has 0 fully saturated rings. The molecule has 0 rings (SSSR count). The molecule has 0 aliphatic rings. The fraction of sp³-hybridized carbons (Fsp3) is 1.00. The van der Waals surface area contributed by atoms with Crippen molar-refractivity contribution in [2.45, 2.75) is 0 Å². The van der Waals surface area contributed by atoms with Crippen molar-refractivity contribution in [1.29, 1.82) is 0 Å². The topological polar surface area (TPSA) is 35.5 Å². The van der Waals surface area contributed by atoms with Crippen molar-refractivity contribution in [2.75, 3.05) is 14.2 Å². The van der Waals surface area contributed by atoms with Crippen LogP contribution in [0.15, 0.2) is 0 Å². The second kappa shape index (κ2) is 6.31. The molecule has 0 aliphatic carbocycles. The summed E-state index contributed by atoms with van der Waals surface area (Å²) in [7, 11) is 0.817. The second-order valence-corrected chi connectivity index (χ2v) is 1.77. The summed E-state index contributed by atoms with van der Waals surface area (Å²) >= 11 is 0. The van der Waals surface area contributed by atoms with E-state index in [0.29, 0.717) is 0 Å². The minimum absolute atomic E-state index is 0. The molecule has 0 N–H and O–H groups in total. The van der Waals surface area contributed by atoms with Crippen molar-refractivity contribution in [3.05, 3.63) is 0 Å². The van der Waals surface area contributed by atoms with Gasteiger partial charge in [0.05, 0.1) is 14.2 Å². The van der Waals surface area contributed by atoms with Gasteiger partial charge in [-0.15, -0.1) is 21.5 Å². The van der Waals surface area contributed by atoms with Crippen LogP contribution in [-0.4, -0.2) is 14.2 Å². The van der Waals surface area contributed by atoms with Gasteiger partial charge in [0.25, 0.3) is 0 Å². The first-order chi connectivity index (χ1) is 2.81. The first-order valence-corrected chi connectivity index (χ1v) is 2.46. The second-order valence-electron chi connectivity index (χ2n) is 0.589. The molecule has 0 unspecified atom stereocenters. The number of halogens is 1. The van der Waals surface area contributed by atoms with Gasteiger partial charge < -0.3 is 0 Å². The fourth-order valence-corrected chi connectivity index (χ4v) is 0.224. The highest BCUT2D eigenvalue weighted by Crippen LogP contribution is 2.18. The van der Waals surface area contributed by atoms with Crippen LogP contribution < -0.4 is 0 Å². The third kappa shape index (κ3) is 6.31. The monoisotopic (exact) mass is 145 g/mol. The van der Waals surface area contributed by atoms with E-state index in [2.05, 4.69) is 9.05 Å². The first-order valence-electron chi connectivity index (χ1n) is 1.36. The third-order valence-electron chi connectivity index (χ3n) is 0.298. The van der Waals surface area contributed by atoms with Crippen molar-refractivity contribution in [1.82, 2.24) is 0 Å². The van der Waals surface area contributed by atoms with Crippen LogP contribution in [0.1, 0.15) is 0 Å². The van der Waals surface area contributed by atoms with E-state index in [1.54, 1.807) is 0 Å². The maximum Gasteiger partial charge on any atom is 0.696 e. The summed E-state index contributed by atoms with van der Waals surface area (Å²) in [5.74, 6) is 0. The molecule has 0 saturated heterocycles. The van der Waals surface area contributed by atoms with Crippen LogP contribution in [0.25, 0.3) is 0 Å². The molecule has 3 nitrogen and oxygen atoms in total. The lowest BCUT2D eigenvalue weighted by molar-refractivity contribution is 0.302. The lowest BCUT2D eigenvalue weighted by Gasteiger charge is -1.66. The Labute approximate surface area is 49.4 Å². The highest BCUT2D eigenvalue weighted by atomic mass is 35.5. The Morgan fingerprint density at radius 2 is 1.57 bits per heavy atom. The summed E-state index contributed by atoms with van der Waals surface area (Å²) in [6.45, 7) is 0. The molecular formula is C2H7ClO3P+. The number of hydrogen-bond donors (Lipinski definition) is 0. The lowest BCUT2D eigenvalue weighted by Crippen LogP contribution is -1.66. The van der Waals surface area contributed by atoms with Crippen LogP contribution >= 0.6 is 20.7 Å². The molecule has 0 heterocycles. The Balaban J connectivity index is 0. The van der Waals surface area contributed by atoms with Gasteiger partial charge in [0, 0.05) is 4.57 Å². The van der Waals surface area contributed by atoms with Crippen molar-refractivity contribution < 1.29 is 13.6 Å². The normalized spacial score (nSPS) is 7.14. The van der Waals surface area contributed by atoms with Gasteiger partial charge >= 0.3 is 8.25 Å². The smallest absolute Gasteiger partial charge is 0.147 e. The van der Waals surface area contributed by atoms with E-state index in [1.807, 2.05) is 0 Å². The first kappa shape index (κ1) is 10.3. The number of rotatable bonds is 2. The van der Waals surface area contributed by atoms with E-state index in [9.17, 15) is 4.57 Å². The molecule has 0 aromatic carbocycles. The van der Waals surface area contributed by atoms with Crippen molar-refractivity contribution in [2.24, 2.45) is 0 Å². The molecule has 0 radical (unpaired) electrons. The van der Waals surface area contributed by atoms with Gasteiger partial charge in [0.15, 0.2) is 0 Å². The van der Waals surface area contributed by atoms with Gasteiger partial charge in [-0.2, -0.15) is 0 Å². The van der Waals surface area contributed by atoms with Crippen molar-refractivity contribution in [3.8, 4) is 0 Å². The van der Waals surface area contributed by atoms with Crippen LogP contribution in [0.4, 0.5) is 0 Å². The molecule has 0 aromatic heterocycles. The van der Waals surface area contributed by atoms with Crippen molar-refractivity contribution >= 4 is 20.7 Å². The summed E-state index contributed by atoms with van der Waals surface area (Å²) in [5, 5.41) is 0. The largest absolute Gasteiger partial charge is 0.696 e. The van der Waals surface area contributed by atoms with Crippen molar-refractivity contribution in [3.63, 3.8) is 0 Å². The maximum atomic E-state index is 9.88. The third-order valence-corrected chi connectivity index (χ3v) is 0.894. The summed E-state index contributed by atoms with van der Waals surface area (Å²) in [6.07, 6.45) is 0. The Morgan fingerprint density at radius 1 is 1.29 bits per heavy atom. The van der Waals surface area contributed by atoms with Gasteiger partial charge in [0.2, 0.25) is 0 Å². The fourth-order valence-electron chi connectivity index (χ4n) is 0.0745. The van der Waals surface area contributed by atoms with Gasteiger partial charge in [-0.1, -0.05) is 0 Å². The molecule has 0 amide bonds. The highest BCUT2D eigenvalue weighted by molar-refractivity contribution is 7.33. The molecule has 0 bridgehead atoms. The minimum atomic E-state index is -1.83. The zero-order valence-corrected chi connectivity index (χ0v) is 5.79. The molecule has 0 atom stereocenters. The average Bonchev–Trinajstić information content (AvgIpc) is 1.65. The average molecular weight is 146 g/mol. The molecular weight excluding hydrogens is 138 g/mol. The predicted octanol–water partition coefficient (Wildman–Crippen LogP) is 1.36. The lowest BCUT2D eigenvalue weighted by atomic mass is 11.8.